The van der Waals surface area contributed by atoms with Gasteiger partial charge in [0, 0.05) is 5.25 Å². The lowest BCUT2D eigenvalue weighted by Gasteiger charge is -2.02. The third-order valence-corrected chi connectivity index (χ3v) is 2.88. The molecule has 0 radical (unpaired) electrons. The van der Waals surface area contributed by atoms with Gasteiger partial charge in [0.2, 0.25) is 0 Å². The highest BCUT2D eigenvalue weighted by Crippen LogP contribution is 2.22. The van der Waals surface area contributed by atoms with Crippen molar-refractivity contribution in [3.8, 4) is 0 Å². The van der Waals surface area contributed by atoms with Gasteiger partial charge >= 0.3 is 6.09 Å². The predicted molar refractivity (Wildman–Crippen MR) is 49.5 cm³/mol. The molecule has 1 unspecified atom stereocenters. The van der Waals surface area contributed by atoms with Crippen molar-refractivity contribution in [2.24, 2.45) is 5.10 Å². The van der Waals surface area contributed by atoms with Crippen LogP contribution in [0.15, 0.2) is 5.10 Å². The summed E-state index contributed by atoms with van der Waals surface area (Å²) >= 11 is 1.84. The molecule has 0 aromatic heterocycles. The van der Waals surface area contributed by atoms with Gasteiger partial charge in [-0.1, -0.05) is 0 Å². The molecule has 0 spiro atoms. The van der Waals surface area contributed by atoms with Crippen LogP contribution in [-0.4, -0.2) is 29.9 Å². The quantitative estimate of drug-likeness (QED) is 0.629. The van der Waals surface area contributed by atoms with Crippen LogP contribution in [0.1, 0.15) is 13.3 Å². The van der Waals surface area contributed by atoms with Crippen molar-refractivity contribution < 1.29 is 9.53 Å². The number of hydrogen-bond donors (Lipinski definition) is 1. The van der Waals surface area contributed by atoms with E-state index in [1.165, 1.54) is 7.11 Å². The minimum atomic E-state index is -0.508. The second-order valence-electron chi connectivity index (χ2n) is 2.47. The molecule has 5 heteroatoms. The van der Waals surface area contributed by atoms with Gasteiger partial charge in [0.15, 0.2) is 0 Å². The first-order valence-corrected chi connectivity index (χ1v) is 4.81. The Bertz CT molecular complexity index is 206. The van der Waals surface area contributed by atoms with Crippen LogP contribution in [0.25, 0.3) is 0 Å². The normalized spacial score (nSPS) is 25.8. The van der Waals surface area contributed by atoms with Crippen LogP contribution in [0, 0.1) is 0 Å². The standard InChI is InChI=1S/C7H12N2O2S/c1-5-6(3-4-12-5)8-9-7(10)11-2/h5H,3-4H2,1-2H3,(H,9,10)/b8-6-. The third-order valence-electron chi connectivity index (χ3n) is 1.67. The number of amides is 1. The molecule has 12 heavy (non-hydrogen) atoms. The minimum Gasteiger partial charge on any atom is -0.452 e. The van der Waals surface area contributed by atoms with E-state index >= 15 is 0 Å². The number of hydrazone groups is 1. The fourth-order valence-electron chi connectivity index (χ4n) is 0.950. The molecule has 0 bridgehead atoms. The topological polar surface area (TPSA) is 50.7 Å². The maximum atomic E-state index is 10.6. The first-order chi connectivity index (χ1) is 5.74. The second-order valence-corrected chi connectivity index (χ2v) is 3.92. The van der Waals surface area contributed by atoms with E-state index in [1.807, 2.05) is 11.8 Å². The zero-order valence-corrected chi connectivity index (χ0v) is 7.98. The molecule has 1 saturated heterocycles. The number of methoxy groups -OCH3 is 1. The highest BCUT2D eigenvalue weighted by atomic mass is 32.2. The Morgan fingerprint density at radius 2 is 2.58 bits per heavy atom. The van der Waals surface area contributed by atoms with Gasteiger partial charge < -0.3 is 4.74 Å². The van der Waals surface area contributed by atoms with Gasteiger partial charge in [-0.25, -0.2) is 10.2 Å². The van der Waals surface area contributed by atoms with Crippen LogP contribution in [0.4, 0.5) is 4.79 Å². The van der Waals surface area contributed by atoms with E-state index in [-0.39, 0.29) is 0 Å². The second kappa shape index (κ2) is 4.35. The zero-order chi connectivity index (χ0) is 8.97. The van der Waals surface area contributed by atoms with Gasteiger partial charge in [-0.05, 0) is 19.1 Å². The Kier molecular flexibility index (Phi) is 3.40. The van der Waals surface area contributed by atoms with Crippen LogP contribution in [0.5, 0.6) is 0 Å². The summed E-state index contributed by atoms with van der Waals surface area (Å²) in [5.74, 6) is 1.09. The fourth-order valence-corrected chi connectivity index (χ4v) is 1.99. The number of ether oxygens (including phenoxy) is 1. The molecule has 0 aromatic rings. The Morgan fingerprint density at radius 1 is 1.83 bits per heavy atom. The van der Waals surface area contributed by atoms with E-state index in [1.54, 1.807) is 0 Å². The van der Waals surface area contributed by atoms with Crippen molar-refractivity contribution in [2.75, 3.05) is 12.9 Å². The molecule has 1 rings (SSSR count). The number of carbonyl (C=O) groups excluding carboxylic acids is 1. The average Bonchev–Trinajstić information content (AvgIpc) is 2.47. The summed E-state index contributed by atoms with van der Waals surface area (Å²) in [7, 11) is 1.32. The predicted octanol–water partition coefficient (Wildman–Crippen LogP) is 1.22. The van der Waals surface area contributed by atoms with Crippen molar-refractivity contribution in [3.05, 3.63) is 0 Å². The summed E-state index contributed by atoms with van der Waals surface area (Å²) < 4.78 is 4.38. The van der Waals surface area contributed by atoms with Crippen LogP contribution < -0.4 is 5.43 Å². The van der Waals surface area contributed by atoms with Gasteiger partial charge in [-0.15, -0.1) is 0 Å². The van der Waals surface area contributed by atoms with Gasteiger partial charge in [0.1, 0.15) is 0 Å². The Morgan fingerprint density at radius 3 is 3.08 bits per heavy atom. The Hall–Kier alpha value is -0.710. The summed E-state index contributed by atoms with van der Waals surface area (Å²) in [6.45, 7) is 2.08. The zero-order valence-electron chi connectivity index (χ0n) is 7.16. The number of thioether (sulfide) groups is 1. The number of nitrogens with one attached hydrogen (secondary N) is 1. The van der Waals surface area contributed by atoms with Crippen LogP contribution in [0.3, 0.4) is 0 Å². The molecular formula is C7H12N2O2S. The van der Waals surface area contributed by atoms with E-state index in [4.69, 9.17) is 0 Å². The molecule has 1 heterocycles. The molecule has 1 atom stereocenters. The van der Waals surface area contributed by atoms with Gasteiger partial charge in [0.25, 0.3) is 0 Å². The molecule has 0 aromatic carbocycles. The molecule has 1 fully saturated rings. The van der Waals surface area contributed by atoms with Crippen molar-refractivity contribution >= 4 is 23.6 Å². The number of hydrogen-bond acceptors (Lipinski definition) is 4. The molecule has 1 aliphatic heterocycles. The summed E-state index contributed by atoms with van der Waals surface area (Å²) in [6, 6.07) is 0. The molecule has 1 amide bonds. The monoisotopic (exact) mass is 188 g/mol. The molecule has 0 saturated carbocycles. The summed E-state index contributed by atoms with van der Waals surface area (Å²) in [5.41, 5.74) is 3.35. The molecule has 4 nitrogen and oxygen atoms in total. The van der Waals surface area contributed by atoms with E-state index in [0.29, 0.717) is 5.25 Å². The van der Waals surface area contributed by atoms with Crippen molar-refractivity contribution in [2.45, 2.75) is 18.6 Å². The molecule has 68 valence electrons. The first-order valence-electron chi connectivity index (χ1n) is 3.76. The van der Waals surface area contributed by atoms with Gasteiger partial charge in [0.05, 0.1) is 12.8 Å². The first kappa shape index (κ1) is 9.38. The SMILES string of the molecule is COC(=O)N/N=C1/CCSC1C. The lowest BCUT2D eigenvalue weighted by atomic mass is 10.2. The van der Waals surface area contributed by atoms with Gasteiger partial charge in [-0.3, -0.25) is 0 Å². The molecule has 1 N–H and O–H groups in total. The lowest BCUT2D eigenvalue weighted by Crippen LogP contribution is -2.20. The number of carbonyl (C=O) groups is 1. The minimum absolute atomic E-state index is 0.419. The fraction of sp³-hybridized carbons (Fsp3) is 0.714. The highest BCUT2D eigenvalue weighted by Gasteiger charge is 2.18. The summed E-state index contributed by atoms with van der Waals surface area (Å²) in [4.78, 5) is 10.6. The van der Waals surface area contributed by atoms with E-state index in [2.05, 4.69) is 22.2 Å². The van der Waals surface area contributed by atoms with Gasteiger partial charge in [-0.2, -0.15) is 16.9 Å². The Balaban J connectivity index is 2.40. The van der Waals surface area contributed by atoms with Crippen molar-refractivity contribution in [1.29, 1.82) is 0 Å². The van der Waals surface area contributed by atoms with Crippen LogP contribution >= 0.6 is 11.8 Å². The Labute approximate surface area is 75.7 Å². The van der Waals surface area contributed by atoms with E-state index in [0.717, 1.165) is 17.9 Å². The molecular weight excluding hydrogens is 176 g/mol. The average molecular weight is 188 g/mol. The maximum absolute atomic E-state index is 10.6. The van der Waals surface area contributed by atoms with Crippen molar-refractivity contribution in [3.63, 3.8) is 0 Å². The van der Waals surface area contributed by atoms with Crippen molar-refractivity contribution in [1.82, 2.24) is 5.43 Å². The lowest BCUT2D eigenvalue weighted by molar-refractivity contribution is 0.171. The third kappa shape index (κ3) is 2.41. The summed E-state index contributed by atoms with van der Waals surface area (Å²) in [5, 5.41) is 4.36. The van der Waals surface area contributed by atoms with Crippen LogP contribution in [0.2, 0.25) is 0 Å². The molecule has 1 aliphatic rings. The number of rotatable bonds is 1. The van der Waals surface area contributed by atoms with E-state index in [9.17, 15) is 4.79 Å². The summed E-state index contributed by atoms with van der Waals surface area (Å²) in [6.07, 6.45) is 0.446. The maximum Gasteiger partial charge on any atom is 0.427 e. The highest BCUT2D eigenvalue weighted by molar-refractivity contribution is 8.01. The van der Waals surface area contributed by atoms with Crippen LogP contribution in [-0.2, 0) is 4.74 Å². The number of nitrogens with zero attached hydrogens (tertiary/aromatic N) is 1. The van der Waals surface area contributed by atoms with E-state index < -0.39 is 6.09 Å². The molecule has 0 aliphatic carbocycles. The smallest absolute Gasteiger partial charge is 0.427 e. The largest absolute Gasteiger partial charge is 0.452 e.